The lowest BCUT2D eigenvalue weighted by Gasteiger charge is -1.89. The molecule has 0 spiro atoms. The molecule has 0 atom stereocenters. The Balaban J connectivity index is 3.78. The highest BCUT2D eigenvalue weighted by molar-refractivity contribution is 5.98. The van der Waals surface area contributed by atoms with Crippen molar-refractivity contribution in [3.63, 3.8) is 0 Å². The number of hydrogen-bond donors (Lipinski definition) is 1. The predicted molar refractivity (Wildman–Crippen MR) is 40.8 cm³/mol. The zero-order valence-electron chi connectivity index (χ0n) is 6.24. The van der Waals surface area contributed by atoms with Crippen molar-refractivity contribution in [3.05, 3.63) is 24.5 Å². The third kappa shape index (κ3) is 5.09. The van der Waals surface area contributed by atoms with Crippen molar-refractivity contribution in [2.24, 2.45) is 5.92 Å². The lowest BCUT2D eigenvalue weighted by molar-refractivity contribution is -0.110. The SMILES string of the molecule is CC(C)/C=C/C(=O)/C=C\O. The predicted octanol–water partition coefficient (Wildman–Crippen LogP) is 1.84. The Morgan fingerprint density at radius 3 is 2.40 bits per heavy atom. The van der Waals surface area contributed by atoms with Crippen molar-refractivity contribution in [2.45, 2.75) is 13.8 Å². The van der Waals surface area contributed by atoms with Crippen molar-refractivity contribution in [1.29, 1.82) is 0 Å². The summed E-state index contributed by atoms with van der Waals surface area (Å²) in [6, 6.07) is 0. The molecule has 2 nitrogen and oxygen atoms in total. The van der Waals surface area contributed by atoms with Crippen molar-refractivity contribution < 1.29 is 9.90 Å². The lowest BCUT2D eigenvalue weighted by Crippen LogP contribution is -1.86. The Bertz CT molecular complexity index is 155. The number of carbonyl (C=O) groups is 1. The van der Waals surface area contributed by atoms with E-state index >= 15 is 0 Å². The maximum absolute atomic E-state index is 10.6. The second kappa shape index (κ2) is 4.79. The van der Waals surface area contributed by atoms with Gasteiger partial charge >= 0.3 is 0 Å². The van der Waals surface area contributed by atoms with Crippen molar-refractivity contribution in [3.8, 4) is 0 Å². The van der Waals surface area contributed by atoms with Crippen LogP contribution in [0.2, 0.25) is 0 Å². The third-order valence-corrected chi connectivity index (χ3v) is 0.884. The smallest absolute Gasteiger partial charge is 0.181 e. The Labute approximate surface area is 60.9 Å². The summed E-state index contributed by atoms with van der Waals surface area (Å²) < 4.78 is 0. The van der Waals surface area contributed by atoms with Gasteiger partial charge in [0.1, 0.15) is 0 Å². The molecule has 0 aliphatic rings. The normalized spacial score (nSPS) is 11.9. The Hall–Kier alpha value is -1.05. The Morgan fingerprint density at radius 1 is 1.40 bits per heavy atom. The Morgan fingerprint density at radius 2 is 2.00 bits per heavy atom. The van der Waals surface area contributed by atoms with Crippen LogP contribution in [0, 0.1) is 5.92 Å². The molecule has 0 aromatic carbocycles. The van der Waals surface area contributed by atoms with Crippen LogP contribution in [0.5, 0.6) is 0 Å². The average molecular weight is 140 g/mol. The van der Waals surface area contributed by atoms with E-state index in [-0.39, 0.29) is 5.78 Å². The maximum atomic E-state index is 10.6. The van der Waals surface area contributed by atoms with Gasteiger partial charge in [-0.2, -0.15) is 0 Å². The zero-order valence-corrected chi connectivity index (χ0v) is 6.24. The fourth-order valence-corrected chi connectivity index (χ4v) is 0.416. The van der Waals surface area contributed by atoms with Crippen LogP contribution in [0.1, 0.15) is 13.8 Å². The highest BCUT2D eigenvalue weighted by atomic mass is 16.2. The minimum absolute atomic E-state index is 0.184. The molecule has 0 saturated heterocycles. The van der Waals surface area contributed by atoms with Gasteiger partial charge in [0.15, 0.2) is 5.78 Å². The summed E-state index contributed by atoms with van der Waals surface area (Å²) in [7, 11) is 0. The first-order valence-corrected chi connectivity index (χ1v) is 3.19. The monoisotopic (exact) mass is 140 g/mol. The van der Waals surface area contributed by atoms with Gasteiger partial charge in [-0.15, -0.1) is 0 Å². The van der Waals surface area contributed by atoms with Gasteiger partial charge in [0.2, 0.25) is 0 Å². The van der Waals surface area contributed by atoms with Crippen molar-refractivity contribution in [2.75, 3.05) is 0 Å². The van der Waals surface area contributed by atoms with Crippen molar-refractivity contribution >= 4 is 5.78 Å². The summed E-state index contributed by atoms with van der Waals surface area (Å²) in [5.41, 5.74) is 0. The van der Waals surface area contributed by atoms with E-state index in [2.05, 4.69) is 0 Å². The van der Waals surface area contributed by atoms with Gasteiger partial charge in [-0.05, 0) is 12.0 Å². The van der Waals surface area contributed by atoms with E-state index in [0.717, 1.165) is 12.3 Å². The highest BCUT2D eigenvalue weighted by Gasteiger charge is 1.88. The molecule has 0 aliphatic heterocycles. The molecule has 0 saturated carbocycles. The molecular weight excluding hydrogens is 128 g/mol. The molecular formula is C8H12O2. The highest BCUT2D eigenvalue weighted by Crippen LogP contribution is 1.93. The summed E-state index contributed by atoms with van der Waals surface area (Å²) in [6.45, 7) is 3.96. The molecule has 0 radical (unpaired) electrons. The van der Waals surface area contributed by atoms with Gasteiger partial charge in [0, 0.05) is 6.08 Å². The summed E-state index contributed by atoms with van der Waals surface area (Å²) in [4.78, 5) is 10.6. The van der Waals surface area contributed by atoms with Crippen LogP contribution in [0.15, 0.2) is 24.5 Å². The minimum Gasteiger partial charge on any atom is -0.515 e. The minimum atomic E-state index is -0.184. The van der Waals surface area contributed by atoms with Crippen LogP contribution in [0.3, 0.4) is 0 Å². The Kier molecular flexibility index (Phi) is 4.29. The quantitative estimate of drug-likeness (QED) is 0.479. The number of ketones is 1. The summed E-state index contributed by atoms with van der Waals surface area (Å²) in [5, 5.41) is 8.17. The summed E-state index contributed by atoms with van der Waals surface area (Å²) in [6.07, 6.45) is 5.07. The number of hydrogen-bond acceptors (Lipinski definition) is 2. The van der Waals surface area contributed by atoms with E-state index in [1.807, 2.05) is 13.8 Å². The fraction of sp³-hybridized carbons (Fsp3) is 0.375. The number of carbonyl (C=O) groups excluding carboxylic acids is 1. The van der Waals surface area contributed by atoms with Crippen LogP contribution < -0.4 is 0 Å². The van der Waals surface area contributed by atoms with Crippen LogP contribution >= 0.6 is 0 Å². The first kappa shape index (κ1) is 8.95. The molecule has 0 amide bonds. The van der Waals surface area contributed by atoms with Gasteiger partial charge in [0.05, 0.1) is 6.26 Å². The lowest BCUT2D eigenvalue weighted by atomic mass is 10.2. The standard InChI is InChI=1S/C8H12O2/c1-7(2)3-4-8(10)5-6-9/h3-7,9H,1-2H3/b4-3+,6-5-. The largest absolute Gasteiger partial charge is 0.515 e. The second-order valence-corrected chi connectivity index (χ2v) is 2.32. The fourth-order valence-electron chi connectivity index (χ4n) is 0.416. The topological polar surface area (TPSA) is 37.3 Å². The van der Waals surface area contributed by atoms with E-state index in [9.17, 15) is 4.79 Å². The van der Waals surface area contributed by atoms with Crippen LogP contribution in [-0.2, 0) is 4.79 Å². The third-order valence-electron chi connectivity index (χ3n) is 0.884. The molecule has 10 heavy (non-hydrogen) atoms. The van der Waals surface area contributed by atoms with Gasteiger partial charge < -0.3 is 5.11 Å². The molecule has 0 heterocycles. The maximum Gasteiger partial charge on any atom is 0.181 e. The molecule has 56 valence electrons. The average Bonchev–Trinajstić information content (AvgIpc) is 1.85. The molecule has 0 aliphatic carbocycles. The number of aliphatic hydroxyl groups is 1. The first-order chi connectivity index (χ1) is 4.66. The molecule has 1 N–H and O–H groups in total. The van der Waals surface area contributed by atoms with E-state index in [1.165, 1.54) is 6.08 Å². The summed E-state index contributed by atoms with van der Waals surface area (Å²) >= 11 is 0. The molecule has 0 aromatic rings. The van der Waals surface area contributed by atoms with E-state index in [1.54, 1.807) is 6.08 Å². The molecule has 2 heteroatoms. The number of allylic oxidation sites excluding steroid dienone is 3. The molecule has 0 rings (SSSR count). The van der Waals surface area contributed by atoms with E-state index < -0.39 is 0 Å². The van der Waals surface area contributed by atoms with Gasteiger partial charge in [0.25, 0.3) is 0 Å². The van der Waals surface area contributed by atoms with Gasteiger partial charge in [-0.3, -0.25) is 4.79 Å². The van der Waals surface area contributed by atoms with Crippen LogP contribution in [-0.4, -0.2) is 10.9 Å². The van der Waals surface area contributed by atoms with Crippen LogP contribution in [0.25, 0.3) is 0 Å². The van der Waals surface area contributed by atoms with Gasteiger partial charge in [-0.1, -0.05) is 19.9 Å². The molecule has 0 bridgehead atoms. The van der Waals surface area contributed by atoms with E-state index in [0.29, 0.717) is 5.92 Å². The summed E-state index contributed by atoms with van der Waals surface area (Å²) in [5.74, 6) is 0.187. The number of rotatable bonds is 3. The first-order valence-electron chi connectivity index (χ1n) is 3.19. The molecule has 0 aromatic heterocycles. The zero-order chi connectivity index (χ0) is 7.98. The number of aliphatic hydroxyl groups excluding tert-OH is 1. The second-order valence-electron chi connectivity index (χ2n) is 2.32. The van der Waals surface area contributed by atoms with Crippen molar-refractivity contribution in [1.82, 2.24) is 0 Å². The van der Waals surface area contributed by atoms with Gasteiger partial charge in [-0.25, -0.2) is 0 Å². The molecule has 0 fully saturated rings. The molecule has 0 unspecified atom stereocenters. The van der Waals surface area contributed by atoms with E-state index in [4.69, 9.17) is 5.11 Å². The van der Waals surface area contributed by atoms with Crippen LogP contribution in [0.4, 0.5) is 0 Å².